The van der Waals surface area contributed by atoms with E-state index in [1.165, 1.54) is 23.9 Å². The Kier molecular flexibility index (Phi) is 3.93. The molecular formula is C16H13N3O2S. The number of rotatable bonds is 3. The lowest BCUT2D eigenvalue weighted by Crippen LogP contribution is -2.12. The lowest BCUT2D eigenvalue weighted by atomic mass is 10.0. The smallest absolute Gasteiger partial charge is 0.269 e. The van der Waals surface area contributed by atoms with E-state index in [-0.39, 0.29) is 11.7 Å². The predicted molar refractivity (Wildman–Crippen MR) is 89.5 cm³/mol. The van der Waals surface area contributed by atoms with Crippen molar-refractivity contribution in [3.63, 3.8) is 0 Å². The Hall–Kier alpha value is -2.60. The molecule has 2 N–H and O–H groups in total. The van der Waals surface area contributed by atoms with E-state index in [9.17, 15) is 10.1 Å². The maximum Gasteiger partial charge on any atom is 0.269 e. The van der Waals surface area contributed by atoms with Crippen LogP contribution < -0.4 is 5.73 Å². The van der Waals surface area contributed by atoms with Crippen LogP contribution in [0.2, 0.25) is 0 Å². The zero-order chi connectivity index (χ0) is 15.5. The Morgan fingerprint density at radius 3 is 2.41 bits per heavy atom. The fourth-order valence-electron chi connectivity index (χ4n) is 2.21. The highest BCUT2D eigenvalue weighted by Crippen LogP contribution is 2.36. The van der Waals surface area contributed by atoms with Gasteiger partial charge in [0.15, 0.2) is 5.17 Å². The molecule has 0 aromatic heterocycles. The molecule has 0 bridgehead atoms. The lowest BCUT2D eigenvalue weighted by molar-refractivity contribution is -0.384. The van der Waals surface area contributed by atoms with Gasteiger partial charge in [0.2, 0.25) is 0 Å². The molecule has 1 atom stereocenters. The molecule has 0 saturated heterocycles. The number of aliphatic imine (C=N–C) groups is 1. The van der Waals surface area contributed by atoms with Crippen LogP contribution in [0.3, 0.4) is 0 Å². The number of nitro groups is 1. The molecule has 0 saturated carbocycles. The Morgan fingerprint density at radius 1 is 1.09 bits per heavy atom. The molecule has 0 radical (unpaired) electrons. The van der Waals surface area contributed by atoms with Gasteiger partial charge in [-0.05, 0) is 29.3 Å². The SMILES string of the molecule is NC1=NC(c2ccc([N+](=O)[O-])cc2)C=C(c2ccccc2)S1. The Bertz CT molecular complexity index is 755. The highest BCUT2D eigenvalue weighted by Gasteiger charge is 2.18. The number of benzene rings is 2. The van der Waals surface area contributed by atoms with E-state index in [0.29, 0.717) is 5.17 Å². The average Bonchev–Trinajstić information content (AvgIpc) is 2.55. The van der Waals surface area contributed by atoms with Crippen molar-refractivity contribution >= 4 is 27.5 Å². The summed E-state index contributed by atoms with van der Waals surface area (Å²) in [5.74, 6) is 0. The first-order valence-corrected chi connectivity index (χ1v) is 7.48. The van der Waals surface area contributed by atoms with E-state index in [4.69, 9.17) is 5.73 Å². The molecule has 3 rings (SSSR count). The zero-order valence-corrected chi connectivity index (χ0v) is 12.4. The van der Waals surface area contributed by atoms with Crippen LogP contribution in [0, 0.1) is 10.1 Å². The molecule has 110 valence electrons. The van der Waals surface area contributed by atoms with Gasteiger partial charge < -0.3 is 5.73 Å². The van der Waals surface area contributed by atoms with Crippen LogP contribution >= 0.6 is 11.8 Å². The van der Waals surface area contributed by atoms with Crippen LogP contribution in [0.25, 0.3) is 4.91 Å². The number of thioether (sulfide) groups is 1. The number of hydrogen-bond donors (Lipinski definition) is 1. The largest absolute Gasteiger partial charge is 0.378 e. The minimum absolute atomic E-state index is 0.0677. The number of hydrogen-bond acceptors (Lipinski definition) is 5. The molecule has 1 heterocycles. The summed E-state index contributed by atoms with van der Waals surface area (Å²) in [5, 5.41) is 11.2. The van der Waals surface area contributed by atoms with Crippen molar-refractivity contribution < 1.29 is 4.92 Å². The number of nitrogens with two attached hydrogens (primary N) is 1. The molecule has 1 aliphatic rings. The molecule has 22 heavy (non-hydrogen) atoms. The van der Waals surface area contributed by atoms with Crippen molar-refractivity contribution in [2.75, 3.05) is 0 Å². The second-order valence-corrected chi connectivity index (χ2v) is 5.82. The third-order valence-corrected chi connectivity index (χ3v) is 4.20. The fourth-order valence-corrected chi connectivity index (χ4v) is 3.05. The van der Waals surface area contributed by atoms with E-state index in [2.05, 4.69) is 4.99 Å². The van der Waals surface area contributed by atoms with E-state index < -0.39 is 4.92 Å². The van der Waals surface area contributed by atoms with Gasteiger partial charge >= 0.3 is 0 Å². The molecule has 1 aliphatic heterocycles. The molecular weight excluding hydrogens is 298 g/mol. The van der Waals surface area contributed by atoms with Gasteiger partial charge in [-0.1, -0.05) is 42.1 Å². The van der Waals surface area contributed by atoms with Crippen molar-refractivity contribution in [3.05, 3.63) is 81.9 Å². The van der Waals surface area contributed by atoms with Crippen molar-refractivity contribution in [2.45, 2.75) is 6.04 Å². The van der Waals surface area contributed by atoms with Gasteiger partial charge in [0.25, 0.3) is 5.69 Å². The quantitative estimate of drug-likeness (QED) is 0.691. The van der Waals surface area contributed by atoms with E-state index >= 15 is 0 Å². The van der Waals surface area contributed by atoms with Crippen LogP contribution in [0.5, 0.6) is 0 Å². The number of non-ortho nitro benzene ring substituents is 1. The summed E-state index contributed by atoms with van der Waals surface area (Å²) in [6, 6.07) is 16.1. The van der Waals surface area contributed by atoms with Gasteiger partial charge in [-0.2, -0.15) is 0 Å². The first-order valence-electron chi connectivity index (χ1n) is 6.66. The molecule has 2 aromatic rings. The number of amidine groups is 1. The standard InChI is InChI=1S/C16H13N3O2S/c17-16-18-14(11-6-8-13(9-7-11)19(20)21)10-15(22-16)12-4-2-1-3-5-12/h1-10,14H,(H2,17,18). The molecule has 0 fully saturated rings. The van der Waals surface area contributed by atoms with Gasteiger partial charge in [0, 0.05) is 17.0 Å². The second-order valence-electron chi connectivity index (χ2n) is 4.76. The fraction of sp³-hybridized carbons (Fsp3) is 0.0625. The highest BCUT2D eigenvalue weighted by molar-refractivity contribution is 8.21. The molecule has 0 amide bonds. The summed E-state index contributed by atoms with van der Waals surface area (Å²) in [5.41, 5.74) is 7.96. The summed E-state index contributed by atoms with van der Waals surface area (Å²) >= 11 is 1.43. The van der Waals surface area contributed by atoms with Crippen molar-refractivity contribution in [1.82, 2.24) is 0 Å². The van der Waals surface area contributed by atoms with Gasteiger partial charge in [-0.3, -0.25) is 15.1 Å². The average molecular weight is 311 g/mol. The van der Waals surface area contributed by atoms with Crippen molar-refractivity contribution in [2.24, 2.45) is 10.7 Å². The zero-order valence-electron chi connectivity index (χ0n) is 11.5. The van der Waals surface area contributed by atoms with E-state index in [1.807, 2.05) is 36.4 Å². The Morgan fingerprint density at radius 2 is 1.77 bits per heavy atom. The van der Waals surface area contributed by atoms with Gasteiger partial charge in [0.05, 0.1) is 11.0 Å². The monoisotopic (exact) mass is 311 g/mol. The first-order chi connectivity index (χ1) is 10.6. The normalized spacial score (nSPS) is 17.5. The van der Waals surface area contributed by atoms with Crippen LogP contribution in [0.15, 0.2) is 65.7 Å². The molecule has 6 heteroatoms. The van der Waals surface area contributed by atoms with Crippen molar-refractivity contribution in [1.29, 1.82) is 0 Å². The van der Waals surface area contributed by atoms with Gasteiger partial charge in [-0.25, -0.2) is 0 Å². The number of nitrogens with zero attached hydrogens (tertiary/aromatic N) is 2. The molecule has 1 unspecified atom stereocenters. The predicted octanol–water partition coefficient (Wildman–Crippen LogP) is 3.74. The van der Waals surface area contributed by atoms with Crippen LogP contribution in [-0.4, -0.2) is 10.1 Å². The summed E-state index contributed by atoms with van der Waals surface area (Å²) in [6.07, 6.45) is 2.03. The molecule has 5 nitrogen and oxygen atoms in total. The highest BCUT2D eigenvalue weighted by atomic mass is 32.2. The molecule has 0 spiro atoms. The molecule has 2 aromatic carbocycles. The maximum atomic E-state index is 10.7. The van der Waals surface area contributed by atoms with Crippen LogP contribution in [0.4, 0.5) is 5.69 Å². The van der Waals surface area contributed by atoms with E-state index in [1.54, 1.807) is 12.1 Å². The minimum atomic E-state index is -0.413. The van der Waals surface area contributed by atoms with Crippen molar-refractivity contribution in [3.8, 4) is 0 Å². The molecule has 0 aliphatic carbocycles. The maximum absolute atomic E-state index is 10.7. The number of nitro benzene ring substituents is 1. The summed E-state index contributed by atoms with van der Waals surface area (Å²) in [4.78, 5) is 15.8. The Labute approximate surface area is 131 Å². The lowest BCUT2D eigenvalue weighted by Gasteiger charge is -2.18. The van der Waals surface area contributed by atoms with Gasteiger partial charge in [0.1, 0.15) is 0 Å². The minimum Gasteiger partial charge on any atom is -0.378 e. The first kappa shape index (κ1) is 14.3. The van der Waals surface area contributed by atoms with E-state index in [0.717, 1.165) is 16.0 Å². The third-order valence-electron chi connectivity index (χ3n) is 3.29. The summed E-state index contributed by atoms with van der Waals surface area (Å²) < 4.78 is 0. The third kappa shape index (κ3) is 3.01. The summed E-state index contributed by atoms with van der Waals surface area (Å²) in [7, 11) is 0. The van der Waals surface area contributed by atoms with Crippen LogP contribution in [0.1, 0.15) is 17.2 Å². The topological polar surface area (TPSA) is 81.5 Å². The van der Waals surface area contributed by atoms with Gasteiger partial charge in [-0.15, -0.1) is 0 Å². The van der Waals surface area contributed by atoms with Crippen LogP contribution in [-0.2, 0) is 0 Å². The summed E-state index contributed by atoms with van der Waals surface area (Å²) in [6.45, 7) is 0. The Balaban J connectivity index is 1.93. The second kappa shape index (κ2) is 6.03.